The van der Waals surface area contributed by atoms with Crippen LogP contribution >= 0.6 is 0 Å². The Hall–Kier alpha value is -0.130. The molecular formula is C22H46O4S. The van der Waals surface area contributed by atoms with Crippen molar-refractivity contribution in [2.24, 2.45) is 0 Å². The molecule has 0 rings (SSSR count). The molecule has 27 heavy (non-hydrogen) atoms. The number of hydrogen-bond donors (Lipinski definition) is 2. The van der Waals surface area contributed by atoms with Gasteiger partial charge in [-0.05, 0) is 12.8 Å². The first-order valence-corrected chi connectivity index (χ1v) is 13.1. The topological polar surface area (TPSA) is 74.6 Å². The quantitative estimate of drug-likeness (QED) is 0.175. The zero-order valence-electron chi connectivity index (χ0n) is 18.0. The minimum Gasteiger partial charge on any atom is -0.392 e. The zero-order valence-corrected chi connectivity index (χ0v) is 18.8. The average molecular weight is 407 g/mol. The number of aliphatic hydroxyl groups is 1. The summed E-state index contributed by atoms with van der Waals surface area (Å²) in [7, 11) is -4.18. The summed E-state index contributed by atoms with van der Waals surface area (Å²) < 4.78 is 32.7. The zero-order chi connectivity index (χ0) is 20.4. The molecule has 0 heterocycles. The molecule has 0 amide bonds. The summed E-state index contributed by atoms with van der Waals surface area (Å²) in [5, 5.41) is 9.27. The van der Waals surface area contributed by atoms with Crippen LogP contribution in [0.3, 0.4) is 0 Å². The Morgan fingerprint density at radius 3 is 1.30 bits per heavy atom. The molecule has 0 aromatic carbocycles. The van der Waals surface area contributed by atoms with Gasteiger partial charge in [-0.2, -0.15) is 8.42 Å². The van der Waals surface area contributed by atoms with Gasteiger partial charge in [-0.3, -0.25) is 4.55 Å². The van der Waals surface area contributed by atoms with Crippen molar-refractivity contribution in [2.45, 2.75) is 141 Å². The summed E-state index contributed by atoms with van der Waals surface area (Å²) >= 11 is 0. The molecule has 0 aliphatic rings. The second kappa shape index (κ2) is 17.9. The SMILES string of the molecule is CCCCCCCCCCCC(O)C(CCCCCCCCC)S(=O)(=O)O. The van der Waals surface area contributed by atoms with Gasteiger partial charge in [-0.25, -0.2) is 0 Å². The van der Waals surface area contributed by atoms with Crippen molar-refractivity contribution in [3.05, 3.63) is 0 Å². The van der Waals surface area contributed by atoms with E-state index in [2.05, 4.69) is 13.8 Å². The fraction of sp³-hybridized carbons (Fsp3) is 1.00. The average Bonchev–Trinajstić information content (AvgIpc) is 2.61. The highest BCUT2D eigenvalue weighted by Gasteiger charge is 2.29. The van der Waals surface area contributed by atoms with Crippen LogP contribution in [0.5, 0.6) is 0 Å². The Morgan fingerprint density at radius 1 is 0.593 bits per heavy atom. The minimum atomic E-state index is -4.18. The highest BCUT2D eigenvalue weighted by molar-refractivity contribution is 7.86. The van der Waals surface area contributed by atoms with Gasteiger partial charge in [0, 0.05) is 0 Å². The van der Waals surface area contributed by atoms with Crippen LogP contribution in [0.25, 0.3) is 0 Å². The Kier molecular flexibility index (Phi) is 17.8. The molecule has 0 saturated carbocycles. The summed E-state index contributed by atoms with van der Waals surface area (Å²) in [4.78, 5) is 0. The van der Waals surface area contributed by atoms with E-state index in [4.69, 9.17) is 0 Å². The molecule has 0 aliphatic heterocycles. The molecule has 4 nitrogen and oxygen atoms in total. The molecule has 0 bridgehead atoms. The lowest BCUT2D eigenvalue weighted by molar-refractivity contribution is 0.146. The smallest absolute Gasteiger partial charge is 0.270 e. The Balaban J connectivity index is 3.89. The summed E-state index contributed by atoms with van der Waals surface area (Å²) in [5.74, 6) is 0. The monoisotopic (exact) mass is 406 g/mol. The molecule has 0 spiro atoms. The molecule has 2 N–H and O–H groups in total. The molecule has 0 radical (unpaired) electrons. The first-order valence-electron chi connectivity index (χ1n) is 11.6. The van der Waals surface area contributed by atoms with Crippen molar-refractivity contribution >= 4 is 10.1 Å². The van der Waals surface area contributed by atoms with Crippen LogP contribution in [0.4, 0.5) is 0 Å². The highest BCUT2D eigenvalue weighted by atomic mass is 32.2. The van der Waals surface area contributed by atoms with Crippen LogP contribution in [-0.2, 0) is 10.1 Å². The molecule has 0 fully saturated rings. The van der Waals surface area contributed by atoms with Crippen molar-refractivity contribution in [1.29, 1.82) is 0 Å². The van der Waals surface area contributed by atoms with Crippen molar-refractivity contribution in [2.75, 3.05) is 0 Å². The fourth-order valence-electron chi connectivity index (χ4n) is 3.69. The summed E-state index contributed by atoms with van der Waals surface area (Å²) in [5.41, 5.74) is 0. The maximum Gasteiger partial charge on any atom is 0.270 e. The largest absolute Gasteiger partial charge is 0.392 e. The van der Waals surface area contributed by atoms with E-state index in [0.29, 0.717) is 12.8 Å². The second-order valence-electron chi connectivity index (χ2n) is 8.15. The molecule has 2 atom stereocenters. The van der Waals surface area contributed by atoms with Crippen molar-refractivity contribution in [3.8, 4) is 0 Å². The van der Waals surface area contributed by atoms with E-state index >= 15 is 0 Å². The lowest BCUT2D eigenvalue weighted by Gasteiger charge is -2.20. The van der Waals surface area contributed by atoms with Crippen LogP contribution in [0.2, 0.25) is 0 Å². The van der Waals surface area contributed by atoms with E-state index in [1.807, 2.05) is 0 Å². The summed E-state index contributed by atoms with van der Waals surface area (Å²) in [6, 6.07) is 0. The molecule has 0 aromatic heterocycles. The molecule has 2 unspecified atom stereocenters. The van der Waals surface area contributed by atoms with Crippen molar-refractivity contribution < 1.29 is 18.1 Å². The number of unbranched alkanes of at least 4 members (excludes halogenated alkanes) is 14. The first-order chi connectivity index (χ1) is 12.9. The predicted molar refractivity (Wildman–Crippen MR) is 116 cm³/mol. The van der Waals surface area contributed by atoms with Gasteiger partial charge in [0.1, 0.15) is 5.25 Å². The van der Waals surface area contributed by atoms with Crippen LogP contribution < -0.4 is 0 Å². The molecule has 0 aromatic rings. The Morgan fingerprint density at radius 2 is 0.926 bits per heavy atom. The minimum absolute atomic E-state index is 0.366. The van der Waals surface area contributed by atoms with Gasteiger partial charge in [0.15, 0.2) is 0 Å². The van der Waals surface area contributed by atoms with E-state index in [9.17, 15) is 18.1 Å². The van der Waals surface area contributed by atoms with Crippen molar-refractivity contribution in [1.82, 2.24) is 0 Å². The predicted octanol–water partition coefficient (Wildman–Crippen LogP) is 6.67. The second-order valence-corrected chi connectivity index (χ2v) is 9.78. The van der Waals surface area contributed by atoms with Gasteiger partial charge in [-0.15, -0.1) is 0 Å². The molecular weight excluding hydrogens is 360 g/mol. The highest BCUT2D eigenvalue weighted by Crippen LogP contribution is 2.20. The summed E-state index contributed by atoms with van der Waals surface area (Å²) in [6.45, 7) is 4.41. The Labute approximate surface area is 169 Å². The molecule has 164 valence electrons. The van der Waals surface area contributed by atoms with E-state index in [1.54, 1.807) is 0 Å². The molecule has 0 aliphatic carbocycles. The van der Waals surface area contributed by atoms with Crippen LogP contribution in [0.15, 0.2) is 0 Å². The number of rotatable bonds is 20. The molecule has 5 heteroatoms. The van der Waals surface area contributed by atoms with Crippen molar-refractivity contribution in [3.63, 3.8) is 0 Å². The third-order valence-electron chi connectivity index (χ3n) is 5.51. The third kappa shape index (κ3) is 16.5. The van der Waals surface area contributed by atoms with Crippen LogP contribution in [0.1, 0.15) is 129 Å². The van der Waals surface area contributed by atoms with E-state index < -0.39 is 21.5 Å². The van der Waals surface area contributed by atoms with Gasteiger partial charge < -0.3 is 5.11 Å². The maximum atomic E-state index is 11.6. The number of aliphatic hydroxyl groups excluding tert-OH is 1. The lowest BCUT2D eigenvalue weighted by atomic mass is 10.0. The van der Waals surface area contributed by atoms with Gasteiger partial charge in [0.25, 0.3) is 10.1 Å². The Bertz CT molecular complexity index is 409. The standard InChI is InChI=1S/C22H46O4S/c1-3-5-7-9-11-12-14-15-17-19-21(23)22(27(24,25)26)20-18-16-13-10-8-6-4-2/h21-23H,3-20H2,1-2H3,(H,24,25,26). The maximum absolute atomic E-state index is 11.6. The van der Waals surface area contributed by atoms with E-state index in [-0.39, 0.29) is 0 Å². The third-order valence-corrected chi connectivity index (χ3v) is 6.82. The normalized spacial score (nSPS) is 14.4. The van der Waals surface area contributed by atoms with Gasteiger partial charge >= 0.3 is 0 Å². The molecule has 0 saturated heterocycles. The first kappa shape index (κ1) is 26.9. The van der Waals surface area contributed by atoms with Crippen LogP contribution in [0, 0.1) is 0 Å². The van der Waals surface area contributed by atoms with Gasteiger partial charge in [0.05, 0.1) is 6.10 Å². The number of hydrogen-bond acceptors (Lipinski definition) is 3. The van der Waals surface area contributed by atoms with E-state index in [1.165, 1.54) is 64.2 Å². The van der Waals surface area contributed by atoms with Crippen LogP contribution in [-0.4, -0.2) is 29.4 Å². The fourth-order valence-corrected chi connectivity index (χ4v) is 4.69. The van der Waals surface area contributed by atoms with E-state index in [0.717, 1.165) is 38.5 Å². The summed E-state index contributed by atoms with van der Waals surface area (Å²) in [6.07, 6.45) is 18.3. The lowest BCUT2D eigenvalue weighted by Crippen LogP contribution is -2.33. The van der Waals surface area contributed by atoms with Gasteiger partial charge in [0.2, 0.25) is 0 Å². The van der Waals surface area contributed by atoms with Gasteiger partial charge in [-0.1, -0.05) is 117 Å².